The van der Waals surface area contributed by atoms with Crippen LogP contribution in [0.5, 0.6) is 0 Å². The lowest BCUT2D eigenvalue weighted by Gasteiger charge is -2.12. The second kappa shape index (κ2) is 5.08. The second-order valence-corrected chi connectivity index (χ2v) is 4.62. The maximum Gasteiger partial charge on any atom is 0.0597 e. The van der Waals surface area contributed by atoms with Gasteiger partial charge in [-0.05, 0) is 24.6 Å². The van der Waals surface area contributed by atoms with Gasteiger partial charge in [0.15, 0.2) is 0 Å². The summed E-state index contributed by atoms with van der Waals surface area (Å²) in [5, 5.41) is 5.38. The number of halogens is 2. The van der Waals surface area contributed by atoms with Gasteiger partial charge in [0.1, 0.15) is 0 Å². The number of hydrogen-bond acceptors (Lipinski definition) is 2. The van der Waals surface area contributed by atoms with E-state index < -0.39 is 0 Å². The zero-order valence-electron chi connectivity index (χ0n) is 9.40. The minimum atomic E-state index is -0.278. The zero-order chi connectivity index (χ0) is 12.4. The first-order valence-corrected chi connectivity index (χ1v) is 6.10. The number of rotatable bonds is 3. The number of nitrogens with two attached hydrogens (primary N) is 1. The Balaban J connectivity index is 2.33. The van der Waals surface area contributed by atoms with Crippen molar-refractivity contribution in [2.45, 2.75) is 19.5 Å². The van der Waals surface area contributed by atoms with Gasteiger partial charge in [-0.2, -0.15) is 5.10 Å². The largest absolute Gasteiger partial charge is 0.320 e. The Hall–Kier alpha value is -1.03. The summed E-state index contributed by atoms with van der Waals surface area (Å²) in [6.07, 6.45) is 3.69. The lowest BCUT2D eigenvalue weighted by Crippen LogP contribution is -2.11. The van der Waals surface area contributed by atoms with Crippen molar-refractivity contribution >= 4 is 23.2 Å². The van der Waals surface area contributed by atoms with E-state index in [4.69, 9.17) is 28.9 Å². The molecule has 0 amide bonds. The number of benzene rings is 1. The van der Waals surface area contributed by atoms with Gasteiger partial charge < -0.3 is 5.73 Å². The van der Waals surface area contributed by atoms with Crippen LogP contribution in [0.3, 0.4) is 0 Å². The van der Waals surface area contributed by atoms with E-state index in [1.165, 1.54) is 0 Å². The summed E-state index contributed by atoms with van der Waals surface area (Å²) in [5.74, 6) is 0. The van der Waals surface area contributed by atoms with Gasteiger partial charge in [0.2, 0.25) is 0 Å². The van der Waals surface area contributed by atoms with Crippen molar-refractivity contribution < 1.29 is 0 Å². The number of hydrogen-bond donors (Lipinski definition) is 1. The van der Waals surface area contributed by atoms with E-state index in [9.17, 15) is 0 Å². The van der Waals surface area contributed by atoms with Gasteiger partial charge in [-0.15, -0.1) is 0 Å². The fourth-order valence-corrected chi connectivity index (χ4v) is 2.17. The summed E-state index contributed by atoms with van der Waals surface area (Å²) in [5.41, 5.74) is 7.95. The molecule has 5 heteroatoms. The van der Waals surface area contributed by atoms with Crippen LogP contribution in [-0.4, -0.2) is 9.78 Å². The Kier molecular flexibility index (Phi) is 3.72. The highest BCUT2D eigenvalue weighted by Crippen LogP contribution is 2.28. The van der Waals surface area contributed by atoms with Gasteiger partial charge in [-0.25, -0.2) is 0 Å². The molecule has 1 aromatic heterocycles. The van der Waals surface area contributed by atoms with E-state index in [0.29, 0.717) is 10.0 Å². The molecule has 0 aliphatic heterocycles. The molecule has 0 spiro atoms. The second-order valence-electron chi connectivity index (χ2n) is 3.77. The van der Waals surface area contributed by atoms with Gasteiger partial charge in [-0.1, -0.05) is 29.3 Å². The maximum atomic E-state index is 6.15. The molecule has 0 radical (unpaired) electrons. The molecular formula is C12H13Cl2N3. The van der Waals surface area contributed by atoms with Crippen LogP contribution in [0.25, 0.3) is 0 Å². The Morgan fingerprint density at radius 2 is 2.18 bits per heavy atom. The first-order valence-electron chi connectivity index (χ1n) is 5.34. The molecule has 1 heterocycles. The van der Waals surface area contributed by atoms with E-state index >= 15 is 0 Å². The van der Waals surface area contributed by atoms with Crippen LogP contribution in [-0.2, 0) is 6.54 Å². The predicted molar refractivity (Wildman–Crippen MR) is 70.4 cm³/mol. The summed E-state index contributed by atoms with van der Waals surface area (Å²) < 4.78 is 1.83. The zero-order valence-corrected chi connectivity index (χ0v) is 10.9. The van der Waals surface area contributed by atoms with Gasteiger partial charge in [0, 0.05) is 28.4 Å². The van der Waals surface area contributed by atoms with Gasteiger partial charge in [0.25, 0.3) is 0 Å². The monoisotopic (exact) mass is 269 g/mol. The minimum absolute atomic E-state index is 0.278. The van der Waals surface area contributed by atoms with E-state index in [2.05, 4.69) is 5.10 Å². The average molecular weight is 270 g/mol. The molecular weight excluding hydrogens is 257 g/mol. The van der Waals surface area contributed by atoms with Crippen molar-refractivity contribution in [2.75, 3.05) is 0 Å². The number of nitrogens with zero attached hydrogens (tertiary/aromatic N) is 2. The van der Waals surface area contributed by atoms with Gasteiger partial charge >= 0.3 is 0 Å². The van der Waals surface area contributed by atoms with Crippen molar-refractivity contribution in [3.63, 3.8) is 0 Å². The third-order valence-corrected chi connectivity index (χ3v) is 3.20. The molecule has 0 saturated heterocycles. The molecule has 1 atom stereocenters. The Morgan fingerprint density at radius 3 is 2.76 bits per heavy atom. The molecule has 0 bridgehead atoms. The van der Waals surface area contributed by atoms with Crippen LogP contribution in [0.2, 0.25) is 10.0 Å². The van der Waals surface area contributed by atoms with Crippen LogP contribution in [0.4, 0.5) is 0 Å². The molecule has 3 nitrogen and oxygen atoms in total. The SMILES string of the molecule is CCn1cc(C(N)c2ccc(Cl)cc2Cl)cn1. The topological polar surface area (TPSA) is 43.8 Å². The molecule has 90 valence electrons. The van der Waals surface area contributed by atoms with Crippen molar-refractivity contribution in [3.8, 4) is 0 Å². The summed E-state index contributed by atoms with van der Waals surface area (Å²) in [7, 11) is 0. The third-order valence-electron chi connectivity index (χ3n) is 2.63. The van der Waals surface area contributed by atoms with E-state index in [1.54, 1.807) is 18.3 Å². The minimum Gasteiger partial charge on any atom is -0.320 e. The number of aryl methyl sites for hydroxylation is 1. The Morgan fingerprint density at radius 1 is 1.41 bits per heavy atom. The summed E-state index contributed by atoms with van der Waals surface area (Å²) in [6.45, 7) is 2.85. The Labute approximate surface area is 110 Å². The van der Waals surface area contributed by atoms with E-state index in [1.807, 2.05) is 23.9 Å². The van der Waals surface area contributed by atoms with Gasteiger partial charge in [0.05, 0.1) is 12.2 Å². The van der Waals surface area contributed by atoms with Crippen LogP contribution in [0.15, 0.2) is 30.6 Å². The van der Waals surface area contributed by atoms with Gasteiger partial charge in [-0.3, -0.25) is 4.68 Å². The van der Waals surface area contributed by atoms with Crippen LogP contribution in [0.1, 0.15) is 24.1 Å². The van der Waals surface area contributed by atoms with Crippen LogP contribution < -0.4 is 5.73 Å². The predicted octanol–water partition coefficient (Wildman–Crippen LogP) is 3.26. The first-order chi connectivity index (χ1) is 8.11. The average Bonchev–Trinajstić information content (AvgIpc) is 2.76. The summed E-state index contributed by atoms with van der Waals surface area (Å²) in [4.78, 5) is 0. The van der Waals surface area contributed by atoms with Crippen molar-refractivity contribution in [1.82, 2.24) is 9.78 Å². The molecule has 1 unspecified atom stereocenters. The number of aromatic nitrogens is 2. The third kappa shape index (κ3) is 2.63. The maximum absolute atomic E-state index is 6.15. The Bertz CT molecular complexity index is 522. The smallest absolute Gasteiger partial charge is 0.0597 e. The molecule has 2 N–H and O–H groups in total. The van der Waals surface area contributed by atoms with Crippen molar-refractivity contribution in [2.24, 2.45) is 5.73 Å². The van der Waals surface area contributed by atoms with Crippen molar-refractivity contribution in [3.05, 3.63) is 51.8 Å². The lowest BCUT2D eigenvalue weighted by atomic mass is 10.0. The molecule has 0 saturated carbocycles. The van der Waals surface area contributed by atoms with E-state index in [-0.39, 0.29) is 6.04 Å². The molecule has 2 aromatic rings. The lowest BCUT2D eigenvalue weighted by molar-refractivity contribution is 0.658. The van der Waals surface area contributed by atoms with E-state index in [0.717, 1.165) is 17.7 Å². The molecule has 1 aromatic carbocycles. The molecule has 2 rings (SSSR count). The normalized spacial score (nSPS) is 12.7. The highest BCUT2D eigenvalue weighted by Gasteiger charge is 2.14. The highest BCUT2D eigenvalue weighted by molar-refractivity contribution is 6.35. The molecule has 17 heavy (non-hydrogen) atoms. The van der Waals surface area contributed by atoms with Crippen LogP contribution >= 0.6 is 23.2 Å². The summed E-state index contributed by atoms with van der Waals surface area (Å²) >= 11 is 12.0. The summed E-state index contributed by atoms with van der Waals surface area (Å²) in [6, 6.07) is 5.05. The quantitative estimate of drug-likeness (QED) is 0.930. The molecule has 0 aliphatic rings. The fourth-order valence-electron chi connectivity index (χ4n) is 1.65. The molecule has 0 fully saturated rings. The standard InChI is InChI=1S/C12H13Cl2N3/c1-2-17-7-8(6-16-17)12(15)10-4-3-9(13)5-11(10)14/h3-7,12H,2,15H2,1H3. The highest BCUT2D eigenvalue weighted by atomic mass is 35.5. The van der Waals surface area contributed by atoms with Crippen molar-refractivity contribution in [1.29, 1.82) is 0 Å². The first kappa shape index (κ1) is 12.4. The van der Waals surface area contributed by atoms with Crippen LogP contribution in [0, 0.1) is 0 Å². The fraction of sp³-hybridized carbons (Fsp3) is 0.250. The molecule has 0 aliphatic carbocycles.